The third-order valence-electron chi connectivity index (χ3n) is 1.70. The predicted octanol–water partition coefficient (Wildman–Crippen LogP) is 1.66. The lowest BCUT2D eigenvalue weighted by atomic mass is 10.2. The van der Waals surface area contributed by atoms with Crippen molar-refractivity contribution in [1.82, 2.24) is 5.32 Å². The summed E-state index contributed by atoms with van der Waals surface area (Å²) in [6, 6.07) is 5.10. The van der Waals surface area contributed by atoms with E-state index < -0.39 is 17.6 Å². The van der Waals surface area contributed by atoms with Gasteiger partial charge in [-0.15, -0.1) is 0 Å². The minimum Gasteiger partial charge on any atom is -0.288 e. The summed E-state index contributed by atoms with van der Waals surface area (Å²) >= 11 is 0. The number of halogens is 1. The summed E-state index contributed by atoms with van der Waals surface area (Å²) in [5.74, 6) is -1.72. The van der Waals surface area contributed by atoms with E-state index >= 15 is 0 Å². The van der Waals surface area contributed by atoms with E-state index in [2.05, 4.69) is 11.9 Å². The zero-order chi connectivity index (χ0) is 11.4. The molecule has 0 saturated heterocycles. The molecule has 78 valence electrons. The van der Waals surface area contributed by atoms with Crippen molar-refractivity contribution in [3.05, 3.63) is 47.8 Å². The van der Waals surface area contributed by atoms with Gasteiger partial charge in [-0.25, -0.2) is 4.39 Å². The van der Waals surface area contributed by atoms with Gasteiger partial charge in [-0.05, 0) is 25.1 Å². The van der Waals surface area contributed by atoms with Crippen LogP contribution < -0.4 is 5.32 Å². The van der Waals surface area contributed by atoms with Crippen LogP contribution in [0.5, 0.6) is 0 Å². The predicted molar refractivity (Wildman–Crippen MR) is 53.7 cm³/mol. The molecule has 0 radical (unpaired) electrons. The van der Waals surface area contributed by atoms with Gasteiger partial charge in [-0.1, -0.05) is 12.6 Å². The number of amides is 2. The molecule has 0 unspecified atom stereocenters. The van der Waals surface area contributed by atoms with Crippen molar-refractivity contribution in [2.45, 2.75) is 6.92 Å². The van der Waals surface area contributed by atoms with E-state index in [0.29, 0.717) is 0 Å². The van der Waals surface area contributed by atoms with Crippen LogP contribution in [-0.4, -0.2) is 11.8 Å². The van der Waals surface area contributed by atoms with Gasteiger partial charge in [0.1, 0.15) is 5.82 Å². The zero-order valence-electron chi connectivity index (χ0n) is 8.21. The van der Waals surface area contributed by atoms with Gasteiger partial charge in [-0.2, -0.15) is 0 Å². The van der Waals surface area contributed by atoms with Crippen molar-refractivity contribution in [2.75, 3.05) is 0 Å². The molecule has 1 aromatic carbocycles. The van der Waals surface area contributed by atoms with Gasteiger partial charge < -0.3 is 0 Å². The molecule has 0 heterocycles. The Hall–Kier alpha value is -1.97. The monoisotopic (exact) mass is 207 g/mol. The number of nitrogens with one attached hydrogen (secondary N) is 1. The highest BCUT2D eigenvalue weighted by atomic mass is 19.1. The summed E-state index contributed by atoms with van der Waals surface area (Å²) in [5.41, 5.74) is 0.323. The van der Waals surface area contributed by atoms with E-state index in [1.54, 1.807) is 0 Å². The molecule has 1 aromatic rings. The van der Waals surface area contributed by atoms with Crippen LogP contribution in [0.25, 0.3) is 0 Å². The number of hydrogen-bond acceptors (Lipinski definition) is 2. The van der Waals surface area contributed by atoms with Crippen LogP contribution in [0.1, 0.15) is 17.3 Å². The summed E-state index contributed by atoms with van der Waals surface area (Å²) < 4.78 is 12.7. The van der Waals surface area contributed by atoms with E-state index in [1.807, 2.05) is 0 Å². The topological polar surface area (TPSA) is 46.2 Å². The fourth-order valence-electron chi connectivity index (χ4n) is 0.912. The second-order valence-electron chi connectivity index (χ2n) is 3.07. The standard InChI is InChI=1S/C11H10FNO2/c1-7(2)10(14)13-11(15)8-4-3-5-9(12)6-8/h3-6H,1H2,2H3,(H,13,14,15). The number of carbonyl (C=O) groups is 2. The van der Waals surface area contributed by atoms with Gasteiger partial charge in [0.05, 0.1) is 0 Å². The minimum atomic E-state index is -0.637. The van der Waals surface area contributed by atoms with Gasteiger partial charge >= 0.3 is 0 Å². The maximum atomic E-state index is 12.7. The maximum Gasteiger partial charge on any atom is 0.258 e. The third kappa shape index (κ3) is 3.02. The van der Waals surface area contributed by atoms with E-state index in [1.165, 1.54) is 25.1 Å². The van der Waals surface area contributed by atoms with Gasteiger partial charge in [0.25, 0.3) is 11.8 Å². The molecule has 0 aliphatic heterocycles. The van der Waals surface area contributed by atoms with Gasteiger partial charge in [-0.3, -0.25) is 14.9 Å². The number of benzene rings is 1. The quantitative estimate of drug-likeness (QED) is 0.749. The van der Waals surface area contributed by atoms with E-state index in [-0.39, 0.29) is 11.1 Å². The summed E-state index contributed by atoms with van der Waals surface area (Å²) in [5, 5.41) is 2.08. The molecule has 0 spiro atoms. The number of carbonyl (C=O) groups excluding carboxylic acids is 2. The lowest BCUT2D eigenvalue weighted by Gasteiger charge is -2.03. The van der Waals surface area contributed by atoms with Crippen LogP contribution in [0.15, 0.2) is 36.4 Å². The molecule has 0 bridgehead atoms. The van der Waals surface area contributed by atoms with Crippen molar-refractivity contribution in [3.8, 4) is 0 Å². The molecule has 0 saturated carbocycles. The zero-order valence-corrected chi connectivity index (χ0v) is 8.21. The fourth-order valence-corrected chi connectivity index (χ4v) is 0.912. The summed E-state index contributed by atoms with van der Waals surface area (Å²) in [4.78, 5) is 22.5. The van der Waals surface area contributed by atoms with E-state index in [9.17, 15) is 14.0 Å². The average molecular weight is 207 g/mol. The number of hydrogen-bond donors (Lipinski definition) is 1. The van der Waals surface area contributed by atoms with Crippen molar-refractivity contribution < 1.29 is 14.0 Å². The molecule has 0 aromatic heterocycles. The molecule has 15 heavy (non-hydrogen) atoms. The summed E-state index contributed by atoms with van der Waals surface area (Å²) in [6.45, 7) is 4.86. The average Bonchev–Trinajstić information content (AvgIpc) is 2.17. The van der Waals surface area contributed by atoms with Crippen LogP contribution in [-0.2, 0) is 4.79 Å². The molecule has 0 aliphatic rings. The molecular weight excluding hydrogens is 197 g/mol. The molecule has 3 nitrogen and oxygen atoms in total. The lowest BCUT2D eigenvalue weighted by Crippen LogP contribution is -2.30. The molecule has 4 heteroatoms. The summed E-state index contributed by atoms with van der Waals surface area (Å²) in [7, 11) is 0. The number of imide groups is 1. The first kappa shape index (κ1) is 11.1. The van der Waals surface area contributed by atoms with Gasteiger partial charge in [0.15, 0.2) is 0 Å². The highest BCUT2D eigenvalue weighted by Crippen LogP contribution is 2.03. The van der Waals surface area contributed by atoms with E-state index in [4.69, 9.17) is 0 Å². The Kier molecular flexibility index (Phi) is 3.33. The van der Waals surface area contributed by atoms with Crippen LogP contribution >= 0.6 is 0 Å². The first-order valence-electron chi connectivity index (χ1n) is 4.27. The van der Waals surface area contributed by atoms with Crippen molar-refractivity contribution in [3.63, 3.8) is 0 Å². The molecule has 0 aliphatic carbocycles. The Morgan fingerprint density at radius 3 is 2.60 bits per heavy atom. The SMILES string of the molecule is C=C(C)C(=O)NC(=O)c1cccc(F)c1. The molecular formula is C11H10FNO2. The number of rotatable bonds is 2. The van der Waals surface area contributed by atoms with Crippen LogP contribution in [0.2, 0.25) is 0 Å². The second kappa shape index (κ2) is 4.50. The van der Waals surface area contributed by atoms with Crippen LogP contribution in [0.3, 0.4) is 0 Å². The van der Waals surface area contributed by atoms with Crippen molar-refractivity contribution >= 4 is 11.8 Å². The molecule has 2 amide bonds. The Balaban J connectivity index is 2.78. The second-order valence-corrected chi connectivity index (χ2v) is 3.07. The van der Waals surface area contributed by atoms with Crippen molar-refractivity contribution in [1.29, 1.82) is 0 Å². The minimum absolute atomic E-state index is 0.101. The first-order chi connectivity index (χ1) is 7.00. The summed E-state index contributed by atoms with van der Waals surface area (Å²) in [6.07, 6.45) is 0. The van der Waals surface area contributed by atoms with Crippen molar-refractivity contribution in [2.24, 2.45) is 0 Å². The van der Waals surface area contributed by atoms with Gasteiger partial charge in [0, 0.05) is 11.1 Å². The largest absolute Gasteiger partial charge is 0.288 e. The normalized spacial score (nSPS) is 9.47. The Labute approximate surface area is 86.6 Å². The fraction of sp³-hybridized carbons (Fsp3) is 0.0909. The molecule has 0 atom stereocenters. The maximum absolute atomic E-state index is 12.7. The smallest absolute Gasteiger partial charge is 0.258 e. The van der Waals surface area contributed by atoms with Crippen LogP contribution in [0, 0.1) is 5.82 Å². The Morgan fingerprint density at radius 1 is 1.40 bits per heavy atom. The van der Waals surface area contributed by atoms with Crippen LogP contribution in [0.4, 0.5) is 4.39 Å². The third-order valence-corrected chi connectivity index (χ3v) is 1.70. The van der Waals surface area contributed by atoms with E-state index in [0.717, 1.165) is 6.07 Å². The molecule has 1 rings (SSSR count). The highest BCUT2D eigenvalue weighted by molar-refractivity contribution is 6.09. The Morgan fingerprint density at radius 2 is 2.07 bits per heavy atom. The Bertz CT molecular complexity index is 426. The van der Waals surface area contributed by atoms with Gasteiger partial charge in [0.2, 0.25) is 0 Å². The highest BCUT2D eigenvalue weighted by Gasteiger charge is 2.10. The first-order valence-corrected chi connectivity index (χ1v) is 4.27. The lowest BCUT2D eigenvalue weighted by molar-refractivity contribution is -0.116. The molecule has 0 fully saturated rings. The molecule has 1 N–H and O–H groups in total.